The molecule has 0 aliphatic heterocycles. The number of carbonyl (C=O) groups excluding carboxylic acids is 1. The van der Waals surface area contributed by atoms with Gasteiger partial charge in [-0.25, -0.2) is 0 Å². The van der Waals surface area contributed by atoms with Crippen molar-refractivity contribution < 1.29 is 4.79 Å². The third kappa shape index (κ3) is 2.71. The standard InChI is InChI=1S/C13H22N2O/c1-6-7-9(2)13(16)8-12-10(3)14-15(5)11(12)4/h9H,6-8H2,1-5H3. The van der Waals surface area contributed by atoms with Gasteiger partial charge in [0.2, 0.25) is 0 Å². The van der Waals surface area contributed by atoms with Crippen LogP contribution in [0.2, 0.25) is 0 Å². The van der Waals surface area contributed by atoms with Crippen LogP contribution in [0.5, 0.6) is 0 Å². The fourth-order valence-corrected chi connectivity index (χ4v) is 2.02. The van der Waals surface area contributed by atoms with Gasteiger partial charge in [-0.2, -0.15) is 5.10 Å². The van der Waals surface area contributed by atoms with Gasteiger partial charge in [0.05, 0.1) is 5.69 Å². The van der Waals surface area contributed by atoms with Gasteiger partial charge >= 0.3 is 0 Å². The average molecular weight is 222 g/mol. The zero-order chi connectivity index (χ0) is 12.3. The molecular formula is C13H22N2O. The molecule has 0 aliphatic carbocycles. The summed E-state index contributed by atoms with van der Waals surface area (Å²) >= 11 is 0. The smallest absolute Gasteiger partial charge is 0.140 e. The Morgan fingerprint density at radius 1 is 1.44 bits per heavy atom. The molecule has 90 valence electrons. The van der Waals surface area contributed by atoms with E-state index in [4.69, 9.17) is 0 Å². The SMILES string of the molecule is CCCC(C)C(=O)Cc1c(C)nn(C)c1C. The predicted molar refractivity (Wildman–Crippen MR) is 65.5 cm³/mol. The topological polar surface area (TPSA) is 34.9 Å². The van der Waals surface area contributed by atoms with Crippen molar-refractivity contribution in [3.8, 4) is 0 Å². The molecule has 1 aromatic heterocycles. The van der Waals surface area contributed by atoms with Gasteiger partial charge in [-0.05, 0) is 20.3 Å². The van der Waals surface area contributed by atoms with E-state index in [1.54, 1.807) is 0 Å². The van der Waals surface area contributed by atoms with E-state index in [0.717, 1.165) is 29.8 Å². The molecule has 0 amide bonds. The molecule has 0 saturated carbocycles. The number of Topliss-reactive ketones (excluding diaryl/α,β-unsaturated/α-hetero) is 1. The molecule has 0 spiro atoms. The Bertz CT molecular complexity index is 380. The number of hydrogen-bond donors (Lipinski definition) is 0. The molecule has 3 heteroatoms. The van der Waals surface area contributed by atoms with Gasteiger partial charge in [-0.1, -0.05) is 20.3 Å². The maximum absolute atomic E-state index is 12.0. The molecular weight excluding hydrogens is 200 g/mol. The summed E-state index contributed by atoms with van der Waals surface area (Å²) in [7, 11) is 1.92. The van der Waals surface area contributed by atoms with Gasteiger partial charge in [-0.3, -0.25) is 9.48 Å². The number of aryl methyl sites for hydroxylation is 2. The Morgan fingerprint density at radius 3 is 2.50 bits per heavy atom. The predicted octanol–water partition coefficient (Wildman–Crippen LogP) is 2.58. The minimum atomic E-state index is 0.170. The molecule has 0 fully saturated rings. The average Bonchev–Trinajstić information content (AvgIpc) is 2.45. The Balaban J connectivity index is 2.77. The summed E-state index contributed by atoms with van der Waals surface area (Å²) in [5, 5.41) is 4.33. The van der Waals surface area contributed by atoms with Crippen molar-refractivity contribution in [2.45, 2.75) is 47.0 Å². The lowest BCUT2D eigenvalue weighted by atomic mass is 9.95. The van der Waals surface area contributed by atoms with Crippen LogP contribution in [-0.4, -0.2) is 15.6 Å². The molecule has 1 heterocycles. The van der Waals surface area contributed by atoms with Gasteiger partial charge in [0.1, 0.15) is 5.78 Å². The number of carbonyl (C=O) groups is 1. The molecule has 0 radical (unpaired) electrons. The fourth-order valence-electron chi connectivity index (χ4n) is 2.02. The third-order valence-electron chi connectivity index (χ3n) is 3.28. The van der Waals surface area contributed by atoms with E-state index in [2.05, 4.69) is 12.0 Å². The molecule has 0 saturated heterocycles. The molecule has 1 rings (SSSR count). The maximum Gasteiger partial charge on any atom is 0.140 e. The first-order chi connectivity index (χ1) is 7.47. The number of nitrogens with zero attached hydrogens (tertiary/aromatic N) is 2. The lowest BCUT2D eigenvalue weighted by Crippen LogP contribution is -2.14. The Hall–Kier alpha value is -1.12. The molecule has 3 nitrogen and oxygen atoms in total. The lowest BCUT2D eigenvalue weighted by Gasteiger charge is -2.09. The highest BCUT2D eigenvalue weighted by Gasteiger charge is 2.17. The maximum atomic E-state index is 12.0. The molecule has 0 aromatic carbocycles. The first-order valence-electron chi connectivity index (χ1n) is 5.99. The summed E-state index contributed by atoms with van der Waals surface area (Å²) in [6.45, 7) is 8.13. The molecule has 16 heavy (non-hydrogen) atoms. The molecule has 0 aliphatic rings. The molecule has 0 N–H and O–H groups in total. The van der Waals surface area contributed by atoms with Crippen LogP contribution in [0.3, 0.4) is 0 Å². The van der Waals surface area contributed by atoms with Crippen LogP contribution in [0.1, 0.15) is 43.6 Å². The molecule has 1 aromatic rings. The first kappa shape index (κ1) is 12.9. The lowest BCUT2D eigenvalue weighted by molar-refractivity contribution is -0.121. The highest BCUT2D eigenvalue weighted by molar-refractivity contribution is 5.83. The zero-order valence-corrected chi connectivity index (χ0v) is 11.0. The number of rotatable bonds is 5. The normalized spacial score (nSPS) is 12.8. The van der Waals surface area contributed by atoms with Crippen LogP contribution in [0.4, 0.5) is 0 Å². The molecule has 0 bridgehead atoms. The number of ketones is 1. The van der Waals surface area contributed by atoms with Crippen molar-refractivity contribution in [1.29, 1.82) is 0 Å². The van der Waals surface area contributed by atoms with Crippen molar-refractivity contribution in [3.05, 3.63) is 17.0 Å². The third-order valence-corrected chi connectivity index (χ3v) is 3.28. The van der Waals surface area contributed by atoms with Crippen LogP contribution in [0.25, 0.3) is 0 Å². The quantitative estimate of drug-likeness (QED) is 0.767. The van der Waals surface area contributed by atoms with E-state index in [0.29, 0.717) is 12.2 Å². The number of aromatic nitrogens is 2. The van der Waals surface area contributed by atoms with Gasteiger partial charge in [0, 0.05) is 30.6 Å². The Morgan fingerprint density at radius 2 is 2.06 bits per heavy atom. The van der Waals surface area contributed by atoms with E-state index >= 15 is 0 Å². The monoisotopic (exact) mass is 222 g/mol. The molecule has 1 atom stereocenters. The van der Waals surface area contributed by atoms with Crippen molar-refractivity contribution >= 4 is 5.78 Å². The Labute approximate surface area is 97.8 Å². The first-order valence-corrected chi connectivity index (χ1v) is 5.99. The molecule has 1 unspecified atom stereocenters. The van der Waals surface area contributed by atoms with Crippen molar-refractivity contribution in [1.82, 2.24) is 9.78 Å². The highest BCUT2D eigenvalue weighted by Crippen LogP contribution is 2.16. The van der Waals surface area contributed by atoms with E-state index in [9.17, 15) is 4.79 Å². The number of hydrogen-bond acceptors (Lipinski definition) is 2. The van der Waals surface area contributed by atoms with Crippen LogP contribution < -0.4 is 0 Å². The van der Waals surface area contributed by atoms with Gasteiger partial charge in [-0.15, -0.1) is 0 Å². The van der Waals surface area contributed by atoms with Gasteiger partial charge in [0.25, 0.3) is 0 Å². The van der Waals surface area contributed by atoms with Crippen molar-refractivity contribution in [3.63, 3.8) is 0 Å². The minimum absolute atomic E-state index is 0.170. The zero-order valence-electron chi connectivity index (χ0n) is 11.0. The Kier molecular flexibility index (Phi) is 4.27. The highest BCUT2D eigenvalue weighted by atomic mass is 16.1. The largest absolute Gasteiger partial charge is 0.299 e. The van der Waals surface area contributed by atoms with Crippen molar-refractivity contribution in [2.75, 3.05) is 0 Å². The van der Waals surface area contributed by atoms with E-state index in [1.807, 2.05) is 32.5 Å². The second kappa shape index (κ2) is 5.28. The van der Waals surface area contributed by atoms with E-state index in [1.165, 1.54) is 0 Å². The van der Waals surface area contributed by atoms with Gasteiger partial charge < -0.3 is 0 Å². The van der Waals surface area contributed by atoms with Crippen LogP contribution >= 0.6 is 0 Å². The van der Waals surface area contributed by atoms with E-state index in [-0.39, 0.29) is 5.92 Å². The van der Waals surface area contributed by atoms with Gasteiger partial charge in [0.15, 0.2) is 0 Å². The summed E-state index contributed by atoms with van der Waals surface area (Å²) in [6.07, 6.45) is 2.59. The minimum Gasteiger partial charge on any atom is -0.299 e. The summed E-state index contributed by atoms with van der Waals surface area (Å²) < 4.78 is 1.85. The summed E-state index contributed by atoms with van der Waals surface area (Å²) in [4.78, 5) is 12.0. The van der Waals surface area contributed by atoms with Crippen LogP contribution in [0, 0.1) is 19.8 Å². The second-order valence-electron chi connectivity index (χ2n) is 4.61. The fraction of sp³-hybridized carbons (Fsp3) is 0.692. The van der Waals surface area contributed by atoms with Crippen molar-refractivity contribution in [2.24, 2.45) is 13.0 Å². The second-order valence-corrected chi connectivity index (χ2v) is 4.61. The van der Waals surface area contributed by atoms with Crippen LogP contribution in [0.15, 0.2) is 0 Å². The van der Waals surface area contributed by atoms with Crippen LogP contribution in [-0.2, 0) is 18.3 Å². The summed E-state index contributed by atoms with van der Waals surface area (Å²) in [6, 6.07) is 0. The summed E-state index contributed by atoms with van der Waals surface area (Å²) in [5.74, 6) is 0.505. The summed E-state index contributed by atoms with van der Waals surface area (Å²) in [5.41, 5.74) is 3.20. The van der Waals surface area contributed by atoms with E-state index < -0.39 is 0 Å².